The Labute approximate surface area is 97.7 Å². The van der Waals surface area contributed by atoms with E-state index in [0.29, 0.717) is 6.04 Å². The first-order chi connectivity index (χ1) is 7.84. The van der Waals surface area contributed by atoms with Gasteiger partial charge in [0.15, 0.2) is 0 Å². The van der Waals surface area contributed by atoms with Crippen LogP contribution in [0, 0.1) is 0 Å². The molecule has 0 spiro atoms. The lowest BCUT2D eigenvalue weighted by Gasteiger charge is -2.26. The zero-order chi connectivity index (χ0) is 11.2. The SMILES string of the molecule is O[C@@H]1CCC[C@@H](NCCc2ccccc2)C1. The number of hydrogen-bond acceptors (Lipinski definition) is 2. The van der Waals surface area contributed by atoms with Crippen molar-refractivity contribution in [3.63, 3.8) is 0 Å². The van der Waals surface area contributed by atoms with E-state index in [1.165, 1.54) is 12.0 Å². The molecule has 0 amide bonds. The zero-order valence-electron chi connectivity index (χ0n) is 9.73. The molecule has 1 aromatic rings. The highest BCUT2D eigenvalue weighted by Crippen LogP contribution is 2.18. The molecule has 2 rings (SSSR count). The maximum atomic E-state index is 9.56. The van der Waals surface area contributed by atoms with Gasteiger partial charge in [-0.25, -0.2) is 0 Å². The summed E-state index contributed by atoms with van der Waals surface area (Å²) in [4.78, 5) is 0. The summed E-state index contributed by atoms with van der Waals surface area (Å²) >= 11 is 0. The summed E-state index contributed by atoms with van der Waals surface area (Å²) in [6.45, 7) is 1.02. The maximum Gasteiger partial charge on any atom is 0.0555 e. The zero-order valence-corrected chi connectivity index (χ0v) is 9.73. The summed E-state index contributed by atoms with van der Waals surface area (Å²) in [5.74, 6) is 0. The van der Waals surface area contributed by atoms with E-state index in [4.69, 9.17) is 0 Å². The van der Waals surface area contributed by atoms with Gasteiger partial charge >= 0.3 is 0 Å². The summed E-state index contributed by atoms with van der Waals surface area (Å²) in [6.07, 6.45) is 5.28. The third-order valence-electron chi connectivity index (χ3n) is 3.34. The van der Waals surface area contributed by atoms with E-state index >= 15 is 0 Å². The highest BCUT2D eigenvalue weighted by atomic mass is 16.3. The molecule has 2 N–H and O–H groups in total. The number of benzene rings is 1. The topological polar surface area (TPSA) is 32.3 Å². The number of aliphatic hydroxyl groups excluding tert-OH is 1. The lowest BCUT2D eigenvalue weighted by molar-refractivity contribution is 0.112. The number of hydrogen-bond donors (Lipinski definition) is 2. The Morgan fingerprint density at radius 1 is 1.19 bits per heavy atom. The van der Waals surface area contributed by atoms with Crippen molar-refractivity contribution in [1.29, 1.82) is 0 Å². The van der Waals surface area contributed by atoms with Gasteiger partial charge in [0.2, 0.25) is 0 Å². The van der Waals surface area contributed by atoms with Gasteiger partial charge in [-0.15, -0.1) is 0 Å². The van der Waals surface area contributed by atoms with E-state index in [0.717, 1.165) is 32.2 Å². The molecule has 0 aliphatic heterocycles. The second kappa shape index (κ2) is 6.02. The molecule has 88 valence electrons. The first kappa shape index (κ1) is 11.6. The van der Waals surface area contributed by atoms with E-state index in [1.54, 1.807) is 0 Å². The van der Waals surface area contributed by atoms with Crippen molar-refractivity contribution >= 4 is 0 Å². The molecule has 2 heteroatoms. The van der Waals surface area contributed by atoms with Crippen molar-refractivity contribution in [2.24, 2.45) is 0 Å². The van der Waals surface area contributed by atoms with Crippen molar-refractivity contribution in [2.45, 2.75) is 44.2 Å². The van der Waals surface area contributed by atoms with Gasteiger partial charge in [-0.1, -0.05) is 30.3 Å². The molecule has 2 nitrogen and oxygen atoms in total. The quantitative estimate of drug-likeness (QED) is 0.813. The van der Waals surface area contributed by atoms with Crippen molar-refractivity contribution in [1.82, 2.24) is 5.32 Å². The summed E-state index contributed by atoms with van der Waals surface area (Å²) in [5.41, 5.74) is 1.38. The summed E-state index contributed by atoms with van der Waals surface area (Å²) < 4.78 is 0. The van der Waals surface area contributed by atoms with Crippen molar-refractivity contribution in [3.8, 4) is 0 Å². The van der Waals surface area contributed by atoms with Gasteiger partial charge in [0.1, 0.15) is 0 Å². The number of rotatable bonds is 4. The van der Waals surface area contributed by atoms with Crippen LogP contribution in [0.5, 0.6) is 0 Å². The van der Waals surface area contributed by atoms with Gasteiger partial charge < -0.3 is 10.4 Å². The van der Waals surface area contributed by atoms with Gasteiger partial charge in [-0.05, 0) is 44.2 Å². The van der Waals surface area contributed by atoms with Crippen LogP contribution in [0.15, 0.2) is 30.3 Å². The monoisotopic (exact) mass is 219 g/mol. The molecule has 0 saturated heterocycles. The van der Waals surface area contributed by atoms with Crippen LogP contribution >= 0.6 is 0 Å². The lowest BCUT2D eigenvalue weighted by Crippen LogP contribution is -2.37. The number of nitrogens with one attached hydrogen (secondary N) is 1. The van der Waals surface area contributed by atoms with Gasteiger partial charge in [0.05, 0.1) is 6.10 Å². The van der Waals surface area contributed by atoms with Crippen LogP contribution in [0.25, 0.3) is 0 Å². The smallest absolute Gasteiger partial charge is 0.0555 e. The molecular weight excluding hydrogens is 198 g/mol. The highest BCUT2D eigenvalue weighted by Gasteiger charge is 2.18. The molecular formula is C14H21NO. The molecule has 0 radical (unpaired) electrons. The molecule has 1 saturated carbocycles. The van der Waals surface area contributed by atoms with Crippen LogP contribution in [0.4, 0.5) is 0 Å². The maximum absolute atomic E-state index is 9.56. The third kappa shape index (κ3) is 3.62. The fraction of sp³-hybridized carbons (Fsp3) is 0.571. The molecule has 2 atom stereocenters. The van der Waals surface area contributed by atoms with E-state index < -0.39 is 0 Å². The van der Waals surface area contributed by atoms with Gasteiger partial charge in [0.25, 0.3) is 0 Å². The Morgan fingerprint density at radius 3 is 2.75 bits per heavy atom. The minimum atomic E-state index is -0.0806. The number of aliphatic hydroxyl groups is 1. The van der Waals surface area contributed by atoms with Crippen LogP contribution in [-0.2, 0) is 6.42 Å². The Hall–Kier alpha value is -0.860. The van der Waals surface area contributed by atoms with Crippen molar-refractivity contribution in [3.05, 3.63) is 35.9 Å². The summed E-state index contributed by atoms with van der Waals surface area (Å²) in [5, 5.41) is 13.1. The molecule has 1 fully saturated rings. The first-order valence-electron chi connectivity index (χ1n) is 6.30. The van der Waals surface area contributed by atoms with Crippen LogP contribution in [0.3, 0.4) is 0 Å². The third-order valence-corrected chi connectivity index (χ3v) is 3.34. The Bertz CT molecular complexity index is 299. The van der Waals surface area contributed by atoms with Gasteiger partial charge in [0, 0.05) is 6.04 Å². The van der Waals surface area contributed by atoms with E-state index in [2.05, 4.69) is 35.6 Å². The molecule has 0 heterocycles. The Balaban J connectivity index is 1.68. The molecule has 1 aromatic carbocycles. The van der Waals surface area contributed by atoms with E-state index in [1.807, 2.05) is 0 Å². The molecule has 1 aliphatic carbocycles. The second-order valence-electron chi connectivity index (χ2n) is 4.71. The van der Waals surface area contributed by atoms with E-state index in [9.17, 15) is 5.11 Å². The van der Waals surface area contributed by atoms with Gasteiger partial charge in [-0.3, -0.25) is 0 Å². The molecule has 16 heavy (non-hydrogen) atoms. The van der Waals surface area contributed by atoms with Crippen LogP contribution < -0.4 is 5.32 Å². The van der Waals surface area contributed by atoms with Crippen LogP contribution in [-0.4, -0.2) is 23.8 Å². The molecule has 0 aromatic heterocycles. The first-order valence-corrected chi connectivity index (χ1v) is 6.30. The second-order valence-corrected chi connectivity index (χ2v) is 4.71. The average molecular weight is 219 g/mol. The van der Waals surface area contributed by atoms with Gasteiger partial charge in [-0.2, -0.15) is 0 Å². The summed E-state index contributed by atoms with van der Waals surface area (Å²) in [6, 6.07) is 11.1. The Kier molecular flexibility index (Phi) is 4.37. The van der Waals surface area contributed by atoms with Crippen LogP contribution in [0.1, 0.15) is 31.2 Å². The van der Waals surface area contributed by atoms with Crippen molar-refractivity contribution < 1.29 is 5.11 Å². The molecule has 0 unspecified atom stereocenters. The lowest BCUT2D eigenvalue weighted by atomic mass is 9.93. The van der Waals surface area contributed by atoms with Crippen LogP contribution in [0.2, 0.25) is 0 Å². The molecule has 0 bridgehead atoms. The highest BCUT2D eigenvalue weighted by molar-refractivity contribution is 5.14. The average Bonchev–Trinajstić information content (AvgIpc) is 2.30. The van der Waals surface area contributed by atoms with E-state index in [-0.39, 0.29) is 6.10 Å². The Morgan fingerprint density at radius 2 is 2.00 bits per heavy atom. The van der Waals surface area contributed by atoms with Crippen molar-refractivity contribution in [2.75, 3.05) is 6.54 Å². The summed E-state index contributed by atoms with van der Waals surface area (Å²) in [7, 11) is 0. The minimum absolute atomic E-state index is 0.0806. The minimum Gasteiger partial charge on any atom is -0.393 e. The predicted octanol–water partition coefficient (Wildman–Crippen LogP) is 2.12. The standard InChI is InChI=1S/C14H21NO/c16-14-8-4-7-13(11-14)15-10-9-12-5-2-1-3-6-12/h1-3,5-6,13-16H,4,7-11H2/t13-,14-/m1/s1. The fourth-order valence-corrected chi connectivity index (χ4v) is 2.41. The predicted molar refractivity (Wildman–Crippen MR) is 66.4 cm³/mol. The fourth-order valence-electron chi connectivity index (χ4n) is 2.41. The normalized spacial score (nSPS) is 25.6. The largest absolute Gasteiger partial charge is 0.393 e. The molecule has 1 aliphatic rings.